The number of hydrogen-bond acceptors (Lipinski definition) is 3. The zero-order valence-electron chi connectivity index (χ0n) is 10.4. The van der Waals surface area contributed by atoms with Crippen LogP contribution in [-0.2, 0) is 19.0 Å². The molecule has 1 atom stereocenters. The van der Waals surface area contributed by atoms with Gasteiger partial charge in [-0.1, -0.05) is 0 Å². The summed E-state index contributed by atoms with van der Waals surface area (Å²) in [5.74, 6) is 1.02. The average Bonchev–Trinajstić information content (AvgIpc) is 2.80. The monoisotopic (exact) mass is 283 g/mol. The summed E-state index contributed by atoms with van der Waals surface area (Å²) in [6, 6.07) is 4.70. The van der Waals surface area contributed by atoms with Crippen molar-refractivity contribution in [2.75, 3.05) is 0 Å². The fraction of sp³-hybridized carbons (Fsp3) is 0.357. The van der Waals surface area contributed by atoms with Crippen molar-refractivity contribution in [2.24, 2.45) is 0 Å². The largest absolute Gasteiger partial charge is 0.441 e. The molecule has 6 heteroatoms. The number of aliphatic hydroxyl groups excluding tert-OH is 1. The average molecular weight is 283 g/mol. The van der Waals surface area contributed by atoms with Crippen LogP contribution in [0.4, 0.5) is 13.2 Å². The first kappa shape index (κ1) is 13.2. The van der Waals surface area contributed by atoms with Gasteiger partial charge in [0.25, 0.3) is 0 Å². The van der Waals surface area contributed by atoms with E-state index in [0.717, 1.165) is 12.1 Å². The highest BCUT2D eigenvalue weighted by molar-refractivity contribution is 5.54. The second-order valence-electron chi connectivity index (χ2n) is 4.86. The molecule has 2 aromatic rings. The van der Waals surface area contributed by atoms with E-state index in [1.165, 1.54) is 12.1 Å². The van der Waals surface area contributed by atoms with Gasteiger partial charge in [-0.05, 0) is 30.7 Å². The number of fused-ring (bicyclic) bond motifs is 1. The lowest BCUT2D eigenvalue weighted by molar-refractivity contribution is -0.137. The second-order valence-corrected chi connectivity index (χ2v) is 4.86. The topological polar surface area (TPSA) is 46.3 Å². The fourth-order valence-corrected chi connectivity index (χ4v) is 2.29. The quantitative estimate of drug-likeness (QED) is 0.874. The van der Waals surface area contributed by atoms with Gasteiger partial charge in [0.05, 0.1) is 17.4 Å². The molecule has 1 N–H and O–H groups in total. The summed E-state index contributed by atoms with van der Waals surface area (Å²) >= 11 is 0. The van der Waals surface area contributed by atoms with Crippen LogP contribution in [-0.4, -0.2) is 16.2 Å². The molecule has 3 rings (SSSR count). The lowest BCUT2D eigenvalue weighted by atomic mass is 9.99. The van der Waals surface area contributed by atoms with E-state index in [9.17, 15) is 18.3 Å². The van der Waals surface area contributed by atoms with Gasteiger partial charge in [-0.15, -0.1) is 0 Å². The summed E-state index contributed by atoms with van der Waals surface area (Å²) in [5.41, 5.74) is 0.494. The van der Waals surface area contributed by atoms with Gasteiger partial charge in [-0.3, -0.25) is 0 Å². The number of nitrogens with zero attached hydrogens (tertiary/aromatic N) is 1. The number of halogens is 3. The lowest BCUT2D eigenvalue weighted by Crippen LogP contribution is -2.17. The van der Waals surface area contributed by atoms with Gasteiger partial charge < -0.3 is 9.52 Å². The van der Waals surface area contributed by atoms with E-state index in [-0.39, 0.29) is 0 Å². The molecule has 3 nitrogen and oxygen atoms in total. The highest BCUT2D eigenvalue weighted by Crippen LogP contribution is 2.32. The van der Waals surface area contributed by atoms with Gasteiger partial charge >= 0.3 is 6.18 Å². The molecule has 1 unspecified atom stereocenters. The third-order valence-corrected chi connectivity index (χ3v) is 3.37. The van der Waals surface area contributed by atoms with Crippen molar-refractivity contribution in [2.45, 2.75) is 31.5 Å². The zero-order valence-corrected chi connectivity index (χ0v) is 10.4. The van der Waals surface area contributed by atoms with E-state index in [4.69, 9.17) is 4.42 Å². The highest BCUT2D eigenvalue weighted by atomic mass is 19.4. The molecule has 0 radical (unpaired) electrons. The molecule has 0 aliphatic heterocycles. The molecule has 1 aromatic carbocycles. The maximum Gasteiger partial charge on any atom is 0.416 e. The lowest BCUT2D eigenvalue weighted by Gasteiger charge is -2.13. The third kappa shape index (κ3) is 2.43. The minimum Gasteiger partial charge on any atom is -0.441 e. The molecule has 1 heterocycles. The molecule has 1 aromatic heterocycles. The number of alkyl halides is 3. The van der Waals surface area contributed by atoms with Crippen LogP contribution in [0.1, 0.15) is 23.4 Å². The predicted molar refractivity (Wildman–Crippen MR) is 65.0 cm³/mol. The van der Waals surface area contributed by atoms with E-state index in [2.05, 4.69) is 4.98 Å². The molecular weight excluding hydrogens is 271 g/mol. The summed E-state index contributed by atoms with van der Waals surface area (Å²) in [6.07, 6.45) is -3.12. The highest BCUT2D eigenvalue weighted by Gasteiger charge is 2.30. The molecule has 0 spiro atoms. The van der Waals surface area contributed by atoms with Crippen molar-refractivity contribution in [1.82, 2.24) is 4.98 Å². The second kappa shape index (κ2) is 4.63. The van der Waals surface area contributed by atoms with Gasteiger partial charge in [-0.2, -0.15) is 13.2 Å². The molecule has 0 fully saturated rings. The standard InChI is InChI=1S/C14H12F3NO2/c15-14(16,17)9-3-1-8(2-4-9)13-18-11-7-10(19)5-6-12(11)20-13/h1-4,10,19H,5-7H2. The maximum atomic E-state index is 12.5. The van der Waals surface area contributed by atoms with Crippen molar-refractivity contribution in [3.05, 3.63) is 41.3 Å². The van der Waals surface area contributed by atoms with Crippen LogP contribution in [0, 0.1) is 0 Å². The number of oxazole rings is 1. The summed E-state index contributed by atoms with van der Waals surface area (Å²) < 4.78 is 43.0. The number of hydrogen-bond donors (Lipinski definition) is 1. The number of aliphatic hydroxyl groups is 1. The summed E-state index contributed by atoms with van der Waals surface area (Å²) in [6.45, 7) is 0. The number of aryl methyl sites for hydroxylation is 1. The van der Waals surface area contributed by atoms with Crippen LogP contribution >= 0.6 is 0 Å². The Balaban J connectivity index is 1.90. The Morgan fingerprint density at radius 2 is 1.90 bits per heavy atom. The van der Waals surface area contributed by atoms with Crippen LogP contribution in [0.3, 0.4) is 0 Å². The van der Waals surface area contributed by atoms with E-state index in [1.54, 1.807) is 0 Å². The Bertz CT molecular complexity index is 616. The summed E-state index contributed by atoms with van der Waals surface area (Å²) in [4.78, 5) is 4.26. The van der Waals surface area contributed by atoms with E-state index >= 15 is 0 Å². The first-order valence-corrected chi connectivity index (χ1v) is 6.28. The Kier molecular flexibility index (Phi) is 3.05. The van der Waals surface area contributed by atoms with Crippen molar-refractivity contribution in [3.63, 3.8) is 0 Å². The Morgan fingerprint density at radius 3 is 2.55 bits per heavy atom. The molecule has 106 valence electrons. The van der Waals surface area contributed by atoms with Crippen LogP contribution < -0.4 is 0 Å². The smallest absolute Gasteiger partial charge is 0.416 e. The van der Waals surface area contributed by atoms with Crippen molar-refractivity contribution >= 4 is 0 Å². The first-order chi connectivity index (χ1) is 9.43. The molecule has 0 saturated heterocycles. The van der Waals surface area contributed by atoms with Crippen molar-refractivity contribution < 1.29 is 22.7 Å². The van der Waals surface area contributed by atoms with Gasteiger partial charge in [0, 0.05) is 18.4 Å². The number of benzene rings is 1. The minimum absolute atomic E-state index is 0.304. The van der Waals surface area contributed by atoms with Crippen molar-refractivity contribution in [1.29, 1.82) is 0 Å². The first-order valence-electron chi connectivity index (χ1n) is 6.28. The fourth-order valence-electron chi connectivity index (χ4n) is 2.29. The predicted octanol–water partition coefficient (Wildman–Crippen LogP) is 3.21. The van der Waals surface area contributed by atoms with E-state index < -0.39 is 17.8 Å². The summed E-state index contributed by atoms with van der Waals surface area (Å²) in [5, 5.41) is 9.56. The maximum absolute atomic E-state index is 12.5. The van der Waals surface area contributed by atoms with Crippen LogP contribution in [0.25, 0.3) is 11.5 Å². The molecular formula is C14H12F3NO2. The van der Waals surface area contributed by atoms with Crippen molar-refractivity contribution in [3.8, 4) is 11.5 Å². The molecule has 0 bridgehead atoms. The normalized spacial score (nSPS) is 18.9. The molecule has 20 heavy (non-hydrogen) atoms. The summed E-state index contributed by atoms with van der Waals surface area (Å²) in [7, 11) is 0. The molecule has 1 aliphatic rings. The third-order valence-electron chi connectivity index (χ3n) is 3.37. The number of rotatable bonds is 1. The molecule has 0 saturated carbocycles. The van der Waals surface area contributed by atoms with Crippen LogP contribution in [0.5, 0.6) is 0 Å². The van der Waals surface area contributed by atoms with Gasteiger partial charge in [0.1, 0.15) is 5.76 Å². The SMILES string of the molecule is OC1CCc2oc(-c3ccc(C(F)(F)F)cc3)nc2C1. The van der Waals surface area contributed by atoms with Crippen LogP contribution in [0.15, 0.2) is 28.7 Å². The Labute approximate surface area is 113 Å². The Hall–Kier alpha value is -1.82. The van der Waals surface area contributed by atoms with E-state index in [1.807, 2.05) is 0 Å². The minimum atomic E-state index is -4.35. The van der Waals surface area contributed by atoms with Gasteiger partial charge in [0.15, 0.2) is 0 Å². The van der Waals surface area contributed by atoms with E-state index in [0.29, 0.717) is 42.2 Å². The Morgan fingerprint density at radius 1 is 1.20 bits per heavy atom. The zero-order chi connectivity index (χ0) is 14.3. The van der Waals surface area contributed by atoms with Crippen LogP contribution in [0.2, 0.25) is 0 Å². The molecule has 0 amide bonds. The number of aromatic nitrogens is 1. The molecule has 1 aliphatic carbocycles. The van der Waals surface area contributed by atoms with Gasteiger partial charge in [-0.25, -0.2) is 4.98 Å². The van der Waals surface area contributed by atoms with Gasteiger partial charge in [0.2, 0.25) is 5.89 Å².